The van der Waals surface area contributed by atoms with E-state index < -0.39 is 0 Å². The summed E-state index contributed by atoms with van der Waals surface area (Å²) >= 11 is 0. The monoisotopic (exact) mass is 137 g/mol. The number of rotatable bonds is 3. The summed E-state index contributed by atoms with van der Waals surface area (Å²) < 4.78 is 0. The number of hydrogen-bond donors (Lipinski definition) is 1. The average Bonchev–Trinajstić information content (AvgIpc) is 2.63. The highest BCUT2D eigenvalue weighted by Gasteiger charge is 2.15. The van der Waals surface area contributed by atoms with Crippen LogP contribution >= 0.6 is 0 Å². The van der Waals surface area contributed by atoms with Gasteiger partial charge in [-0.1, -0.05) is 24.5 Å². The van der Waals surface area contributed by atoms with E-state index in [2.05, 4.69) is 11.4 Å². The van der Waals surface area contributed by atoms with Crippen molar-refractivity contribution in [1.29, 1.82) is 0 Å². The maximum Gasteiger partial charge on any atom is 0.0170 e. The first-order valence-electron chi connectivity index (χ1n) is 4.36. The van der Waals surface area contributed by atoms with E-state index in [1.165, 1.54) is 38.6 Å². The summed E-state index contributed by atoms with van der Waals surface area (Å²) in [6.07, 6.45) is 9.29. The molecule has 0 atom stereocenters. The average molecular weight is 137 g/mol. The Morgan fingerprint density at radius 2 is 2.10 bits per heavy atom. The standard InChI is InChI=1S/C9H15N/c1-2-4-9(3-1)10-7-8-5-6-8/h5,9-10H,1-4,6-7H2. The van der Waals surface area contributed by atoms with Crippen LogP contribution in [0.1, 0.15) is 32.1 Å². The molecular formula is C9H15N. The minimum Gasteiger partial charge on any atom is -0.310 e. The molecule has 0 aliphatic heterocycles. The van der Waals surface area contributed by atoms with Crippen LogP contribution in [0.4, 0.5) is 0 Å². The van der Waals surface area contributed by atoms with Crippen LogP contribution in [0.25, 0.3) is 0 Å². The van der Waals surface area contributed by atoms with Crippen LogP contribution < -0.4 is 5.32 Å². The van der Waals surface area contributed by atoms with Crippen molar-refractivity contribution in [3.8, 4) is 0 Å². The first-order chi connectivity index (χ1) is 4.95. The molecule has 0 unspecified atom stereocenters. The lowest BCUT2D eigenvalue weighted by atomic mass is 10.2. The molecule has 0 saturated heterocycles. The molecular weight excluding hydrogens is 122 g/mol. The van der Waals surface area contributed by atoms with Gasteiger partial charge in [-0.2, -0.15) is 0 Å². The van der Waals surface area contributed by atoms with Crippen LogP contribution in [0.3, 0.4) is 0 Å². The fraction of sp³-hybridized carbons (Fsp3) is 0.778. The van der Waals surface area contributed by atoms with Gasteiger partial charge in [0.05, 0.1) is 0 Å². The van der Waals surface area contributed by atoms with E-state index in [-0.39, 0.29) is 0 Å². The molecule has 0 aromatic rings. The second-order valence-corrected chi connectivity index (χ2v) is 3.43. The van der Waals surface area contributed by atoms with E-state index >= 15 is 0 Å². The van der Waals surface area contributed by atoms with Gasteiger partial charge in [0.15, 0.2) is 0 Å². The number of allylic oxidation sites excluding steroid dienone is 1. The zero-order chi connectivity index (χ0) is 6.81. The van der Waals surface area contributed by atoms with Crippen molar-refractivity contribution >= 4 is 0 Å². The molecule has 2 aliphatic carbocycles. The smallest absolute Gasteiger partial charge is 0.0170 e. The van der Waals surface area contributed by atoms with Crippen LogP contribution in [0, 0.1) is 0 Å². The highest BCUT2D eigenvalue weighted by molar-refractivity contribution is 5.23. The third kappa shape index (κ3) is 1.60. The molecule has 0 aromatic heterocycles. The van der Waals surface area contributed by atoms with Crippen LogP contribution in [-0.4, -0.2) is 12.6 Å². The predicted molar refractivity (Wildman–Crippen MR) is 43.0 cm³/mol. The summed E-state index contributed by atoms with van der Waals surface area (Å²) in [5.74, 6) is 0. The Bertz CT molecular complexity index is 143. The molecule has 2 aliphatic rings. The van der Waals surface area contributed by atoms with Crippen molar-refractivity contribution < 1.29 is 0 Å². The highest BCUT2D eigenvalue weighted by atomic mass is 14.9. The van der Waals surface area contributed by atoms with E-state index in [1.54, 1.807) is 5.57 Å². The zero-order valence-electron chi connectivity index (χ0n) is 6.40. The fourth-order valence-electron chi connectivity index (χ4n) is 1.62. The Balaban J connectivity index is 1.64. The van der Waals surface area contributed by atoms with Gasteiger partial charge in [0, 0.05) is 12.6 Å². The second kappa shape index (κ2) is 2.75. The quantitative estimate of drug-likeness (QED) is 0.585. The summed E-state index contributed by atoms with van der Waals surface area (Å²) in [5, 5.41) is 3.58. The Morgan fingerprint density at radius 1 is 1.40 bits per heavy atom. The third-order valence-electron chi connectivity index (χ3n) is 2.47. The molecule has 2 rings (SSSR count). The van der Waals surface area contributed by atoms with Crippen molar-refractivity contribution in [2.45, 2.75) is 38.1 Å². The molecule has 0 amide bonds. The fourth-order valence-corrected chi connectivity index (χ4v) is 1.62. The van der Waals surface area contributed by atoms with Crippen molar-refractivity contribution in [2.75, 3.05) is 6.54 Å². The molecule has 0 heterocycles. The van der Waals surface area contributed by atoms with Crippen molar-refractivity contribution in [3.05, 3.63) is 11.6 Å². The minimum absolute atomic E-state index is 0.849. The van der Waals surface area contributed by atoms with Gasteiger partial charge in [0.2, 0.25) is 0 Å². The van der Waals surface area contributed by atoms with Crippen molar-refractivity contribution in [3.63, 3.8) is 0 Å². The molecule has 0 radical (unpaired) electrons. The summed E-state index contributed by atoms with van der Waals surface area (Å²) in [4.78, 5) is 0. The van der Waals surface area contributed by atoms with Gasteiger partial charge in [-0.15, -0.1) is 0 Å². The molecule has 1 N–H and O–H groups in total. The molecule has 0 aromatic carbocycles. The largest absolute Gasteiger partial charge is 0.310 e. The van der Waals surface area contributed by atoms with Gasteiger partial charge >= 0.3 is 0 Å². The molecule has 1 heteroatoms. The molecule has 1 nitrogen and oxygen atoms in total. The lowest BCUT2D eigenvalue weighted by Crippen LogP contribution is -2.26. The van der Waals surface area contributed by atoms with Crippen LogP contribution in [0.2, 0.25) is 0 Å². The van der Waals surface area contributed by atoms with Crippen molar-refractivity contribution in [1.82, 2.24) is 5.32 Å². The molecule has 56 valence electrons. The second-order valence-electron chi connectivity index (χ2n) is 3.43. The topological polar surface area (TPSA) is 12.0 Å². The summed E-state index contributed by atoms with van der Waals surface area (Å²) in [6, 6.07) is 0.849. The Hall–Kier alpha value is -0.300. The molecule has 1 saturated carbocycles. The first-order valence-corrected chi connectivity index (χ1v) is 4.36. The van der Waals surface area contributed by atoms with E-state index in [0.29, 0.717) is 0 Å². The molecule has 1 fully saturated rings. The third-order valence-corrected chi connectivity index (χ3v) is 2.47. The highest BCUT2D eigenvalue weighted by Crippen LogP contribution is 2.20. The van der Waals surface area contributed by atoms with Crippen molar-refractivity contribution in [2.24, 2.45) is 0 Å². The normalized spacial score (nSPS) is 25.0. The predicted octanol–water partition coefficient (Wildman–Crippen LogP) is 1.85. The summed E-state index contributed by atoms with van der Waals surface area (Å²) in [5.41, 5.74) is 1.62. The van der Waals surface area contributed by atoms with Gasteiger partial charge in [-0.3, -0.25) is 0 Å². The molecule has 10 heavy (non-hydrogen) atoms. The van der Waals surface area contributed by atoms with E-state index in [1.807, 2.05) is 0 Å². The summed E-state index contributed by atoms with van der Waals surface area (Å²) in [6.45, 7) is 1.17. The Labute approximate surface area is 62.5 Å². The Kier molecular flexibility index (Phi) is 1.76. The zero-order valence-corrected chi connectivity index (χ0v) is 6.40. The van der Waals surface area contributed by atoms with E-state index in [4.69, 9.17) is 0 Å². The van der Waals surface area contributed by atoms with Gasteiger partial charge < -0.3 is 5.32 Å². The van der Waals surface area contributed by atoms with Crippen LogP contribution in [0.5, 0.6) is 0 Å². The van der Waals surface area contributed by atoms with Gasteiger partial charge in [-0.25, -0.2) is 0 Å². The maximum atomic E-state index is 3.58. The lowest BCUT2D eigenvalue weighted by Gasteiger charge is -2.08. The molecule has 0 spiro atoms. The van der Waals surface area contributed by atoms with E-state index in [9.17, 15) is 0 Å². The number of hydrogen-bond acceptors (Lipinski definition) is 1. The SMILES string of the molecule is C1=C(CNC2CCCC2)C1. The van der Waals surface area contributed by atoms with Gasteiger partial charge in [-0.05, 0) is 19.3 Å². The first kappa shape index (κ1) is 6.41. The van der Waals surface area contributed by atoms with Crippen LogP contribution in [0.15, 0.2) is 11.6 Å². The van der Waals surface area contributed by atoms with E-state index in [0.717, 1.165) is 6.04 Å². The lowest BCUT2D eigenvalue weighted by molar-refractivity contribution is 0.552. The maximum absolute atomic E-state index is 3.58. The minimum atomic E-state index is 0.849. The van der Waals surface area contributed by atoms with Gasteiger partial charge in [0.25, 0.3) is 0 Å². The number of nitrogens with one attached hydrogen (secondary N) is 1. The summed E-state index contributed by atoms with van der Waals surface area (Å²) in [7, 11) is 0. The Morgan fingerprint density at radius 3 is 2.70 bits per heavy atom. The molecule has 0 bridgehead atoms. The van der Waals surface area contributed by atoms with Gasteiger partial charge in [0.1, 0.15) is 0 Å². The van der Waals surface area contributed by atoms with Crippen LogP contribution in [-0.2, 0) is 0 Å².